The van der Waals surface area contributed by atoms with E-state index in [0.717, 1.165) is 55.5 Å². The van der Waals surface area contributed by atoms with E-state index in [2.05, 4.69) is 0 Å². The van der Waals surface area contributed by atoms with Crippen molar-refractivity contribution in [2.24, 2.45) is 10.9 Å². The average Bonchev–Trinajstić information content (AvgIpc) is 2.68. The maximum Gasteiger partial charge on any atom is 0.315 e. The zero-order valence-electron chi connectivity index (χ0n) is 16.2. The molecule has 1 aromatic carbocycles. The Kier molecular flexibility index (Phi) is 5.68. The van der Waals surface area contributed by atoms with Gasteiger partial charge in [-0.3, -0.25) is 14.6 Å². The summed E-state index contributed by atoms with van der Waals surface area (Å²) in [4.78, 5) is 30.8. The van der Waals surface area contributed by atoms with Gasteiger partial charge in [0.25, 0.3) is 0 Å². The van der Waals surface area contributed by atoms with Crippen LogP contribution in [-0.4, -0.2) is 23.6 Å². The SMILES string of the molecule is CC1=NC2=C(C(=O)CCC2)[C@@H](c2ccc(Cl)cc2)C1C(=O)OC1CCCCC1. The molecule has 0 bridgehead atoms. The highest BCUT2D eigenvalue weighted by molar-refractivity contribution is 6.30. The molecule has 0 radical (unpaired) electrons. The number of nitrogens with zero attached hydrogens (tertiary/aromatic N) is 1. The molecule has 148 valence electrons. The predicted octanol–water partition coefficient (Wildman–Crippen LogP) is 5.40. The van der Waals surface area contributed by atoms with Crippen LogP contribution in [0.1, 0.15) is 69.8 Å². The Morgan fingerprint density at radius 1 is 1.07 bits per heavy atom. The van der Waals surface area contributed by atoms with Gasteiger partial charge in [-0.25, -0.2) is 0 Å². The third-order valence-electron chi connectivity index (χ3n) is 6.15. The van der Waals surface area contributed by atoms with Gasteiger partial charge >= 0.3 is 5.97 Å². The molecule has 1 fully saturated rings. The van der Waals surface area contributed by atoms with Crippen LogP contribution in [0.4, 0.5) is 0 Å². The summed E-state index contributed by atoms with van der Waals surface area (Å²) in [5.74, 6) is -1.04. The molecule has 2 aliphatic carbocycles. The first-order chi connectivity index (χ1) is 13.5. The van der Waals surface area contributed by atoms with E-state index in [1.54, 1.807) is 0 Å². The van der Waals surface area contributed by atoms with E-state index < -0.39 is 5.92 Å². The Morgan fingerprint density at radius 2 is 1.79 bits per heavy atom. The first-order valence-corrected chi connectivity index (χ1v) is 10.7. The Hall–Kier alpha value is -1.94. The largest absolute Gasteiger partial charge is 0.462 e. The van der Waals surface area contributed by atoms with Gasteiger partial charge in [-0.1, -0.05) is 30.2 Å². The number of ketones is 1. The minimum atomic E-state index is -0.552. The normalized spacial score (nSPS) is 25.9. The summed E-state index contributed by atoms with van der Waals surface area (Å²) in [7, 11) is 0. The van der Waals surface area contributed by atoms with Gasteiger partial charge in [0.15, 0.2) is 5.78 Å². The third-order valence-corrected chi connectivity index (χ3v) is 6.40. The van der Waals surface area contributed by atoms with Crippen molar-refractivity contribution < 1.29 is 14.3 Å². The van der Waals surface area contributed by atoms with E-state index in [1.807, 2.05) is 31.2 Å². The Morgan fingerprint density at radius 3 is 2.50 bits per heavy atom. The highest BCUT2D eigenvalue weighted by Gasteiger charge is 2.43. The lowest BCUT2D eigenvalue weighted by molar-refractivity contribution is -0.153. The number of carbonyl (C=O) groups excluding carboxylic acids is 2. The highest BCUT2D eigenvalue weighted by atomic mass is 35.5. The molecule has 4 nitrogen and oxygen atoms in total. The van der Waals surface area contributed by atoms with Gasteiger partial charge in [-0.05, 0) is 63.1 Å². The second-order valence-electron chi connectivity index (χ2n) is 8.09. The number of carbonyl (C=O) groups is 2. The molecule has 1 saturated carbocycles. The number of esters is 1. The Balaban J connectivity index is 1.71. The Bertz CT molecular complexity index is 834. The van der Waals surface area contributed by atoms with E-state index in [4.69, 9.17) is 21.3 Å². The maximum absolute atomic E-state index is 13.2. The van der Waals surface area contributed by atoms with Crippen molar-refractivity contribution in [3.05, 3.63) is 46.1 Å². The van der Waals surface area contributed by atoms with Crippen LogP contribution < -0.4 is 0 Å². The quantitative estimate of drug-likeness (QED) is 0.639. The van der Waals surface area contributed by atoms with Crippen LogP contribution in [0.15, 0.2) is 40.5 Å². The second-order valence-corrected chi connectivity index (χ2v) is 8.53. The van der Waals surface area contributed by atoms with E-state index in [1.165, 1.54) is 6.42 Å². The van der Waals surface area contributed by atoms with Crippen molar-refractivity contribution in [1.29, 1.82) is 0 Å². The van der Waals surface area contributed by atoms with E-state index >= 15 is 0 Å². The van der Waals surface area contributed by atoms with Crippen molar-refractivity contribution in [3.8, 4) is 0 Å². The molecule has 2 atom stereocenters. The lowest BCUT2D eigenvalue weighted by Gasteiger charge is -2.35. The van der Waals surface area contributed by atoms with E-state index in [-0.39, 0.29) is 23.8 Å². The monoisotopic (exact) mass is 399 g/mol. The van der Waals surface area contributed by atoms with Crippen LogP contribution in [0.5, 0.6) is 0 Å². The zero-order chi connectivity index (χ0) is 19.7. The molecule has 1 aromatic rings. The van der Waals surface area contributed by atoms with Crippen molar-refractivity contribution in [3.63, 3.8) is 0 Å². The number of halogens is 1. The van der Waals surface area contributed by atoms with Crippen LogP contribution in [-0.2, 0) is 14.3 Å². The summed E-state index contributed by atoms with van der Waals surface area (Å²) in [6.07, 6.45) is 7.36. The van der Waals surface area contributed by atoms with Gasteiger partial charge < -0.3 is 4.74 Å². The van der Waals surface area contributed by atoms with Gasteiger partial charge in [-0.2, -0.15) is 0 Å². The molecule has 0 aromatic heterocycles. The summed E-state index contributed by atoms with van der Waals surface area (Å²) in [6, 6.07) is 7.46. The summed E-state index contributed by atoms with van der Waals surface area (Å²) in [5.41, 5.74) is 3.21. The number of rotatable bonds is 3. The lowest BCUT2D eigenvalue weighted by atomic mass is 9.72. The van der Waals surface area contributed by atoms with Crippen molar-refractivity contribution >= 4 is 29.1 Å². The summed E-state index contributed by atoms with van der Waals surface area (Å²) >= 11 is 6.08. The molecular weight excluding hydrogens is 374 g/mol. The summed E-state index contributed by atoms with van der Waals surface area (Å²) in [5, 5.41) is 0.635. The molecule has 1 heterocycles. The van der Waals surface area contributed by atoms with Crippen LogP contribution in [0.25, 0.3) is 0 Å². The smallest absolute Gasteiger partial charge is 0.315 e. The minimum absolute atomic E-state index is 0.0163. The standard InChI is InChI=1S/C23H26ClNO3/c1-14-20(23(27)28-17-6-3-2-4-7-17)21(15-10-12-16(24)13-11-15)22-18(25-14)8-5-9-19(22)26/h10-13,17,20-21H,2-9H2,1H3/t20?,21-/m0/s1. The second kappa shape index (κ2) is 8.20. The molecule has 1 aliphatic heterocycles. The molecule has 1 unspecified atom stereocenters. The van der Waals surface area contributed by atoms with Gasteiger partial charge in [0.05, 0.1) is 0 Å². The van der Waals surface area contributed by atoms with E-state index in [0.29, 0.717) is 17.0 Å². The molecule has 28 heavy (non-hydrogen) atoms. The van der Waals surface area contributed by atoms with Crippen LogP contribution >= 0.6 is 11.6 Å². The van der Waals surface area contributed by atoms with Crippen LogP contribution in [0, 0.1) is 5.92 Å². The molecule has 0 N–H and O–H groups in total. The molecule has 3 aliphatic rings. The topological polar surface area (TPSA) is 55.7 Å². The van der Waals surface area contributed by atoms with Gasteiger partial charge in [-0.15, -0.1) is 0 Å². The number of allylic oxidation sites excluding steroid dienone is 2. The first kappa shape index (κ1) is 19.4. The highest BCUT2D eigenvalue weighted by Crippen LogP contribution is 2.44. The van der Waals surface area contributed by atoms with Crippen LogP contribution in [0.3, 0.4) is 0 Å². The molecule has 4 rings (SSSR count). The summed E-state index contributed by atoms with van der Waals surface area (Å²) in [6.45, 7) is 1.89. The number of ether oxygens (including phenoxy) is 1. The fourth-order valence-electron chi connectivity index (χ4n) is 4.76. The zero-order valence-corrected chi connectivity index (χ0v) is 17.0. The molecule has 0 saturated heterocycles. The number of aliphatic imine (C=N–C) groups is 1. The summed E-state index contributed by atoms with van der Waals surface area (Å²) < 4.78 is 5.91. The molecule has 0 amide bonds. The first-order valence-electron chi connectivity index (χ1n) is 10.3. The number of hydrogen-bond acceptors (Lipinski definition) is 4. The van der Waals surface area contributed by atoms with Gasteiger partial charge in [0, 0.05) is 34.3 Å². The maximum atomic E-state index is 13.2. The van der Waals surface area contributed by atoms with E-state index in [9.17, 15) is 9.59 Å². The van der Waals surface area contributed by atoms with Crippen LogP contribution in [0.2, 0.25) is 5.02 Å². The van der Waals surface area contributed by atoms with Crippen molar-refractivity contribution in [2.45, 2.75) is 70.3 Å². The van der Waals surface area contributed by atoms with Gasteiger partial charge in [0.2, 0.25) is 0 Å². The minimum Gasteiger partial charge on any atom is -0.462 e. The fourth-order valence-corrected chi connectivity index (χ4v) is 4.89. The Labute approximate surface area is 171 Å². The third kappa shape index (κ3) is 3.80. The van der Waals surface area contributed by atoms with Gasteiger partial charge in [0.1, 0.15) is 12.0 Å². The number of Topliss-reactive ketones (excluding diaryl/α,β-unsaturated/α-hetero) is 1. The van der Waals surface area contributed by atoms with Crippen molar-refractivity contribution in [2.75, 3.05) is 0 Å². The number of hydrogen-bond donors (Lipinski definition) is 0. The number of benzene rings is 1. The molecule has 0 spiro atoms. The lowest BCUT2D eigenvalue weighted by Crippen LogP contribution is -2.38. The fraction of sp³-hybridized carbons (Fsp3) is 0.522. The van der Waals surface area contributed by atoms with Crippen molar-refractivity contribution in [1.82, 2.24) is 0 Å². The molecular formula is C23H26ClNO3. The average molecular weight is 400 g/mol. The predicted molar refractivity (Wildman–Crippen MR) is 110 cm³/mol. The molecule has 5 heteroatoms.